The standard InChI is InChI=1S/C18H11F4N5OS/c19-12-5-3-11(4-6-12)16-25-26-17(27(16)10-13-2-1-9-28-13)29-15-8-7-14(23-24-15)18(20,21)22/h1-9H,10H2. The van der Waals surface area contributed by atoms with Crippen molar-refractivity contribution < 1.29 is 22.0 Å². The van der Waals surface area contributed by atoms with Crippen molar-refractivity contribution in [2.75, 3.05) is 0 Å². The van der Waals surface area contributed by atoms with Crippen LogP contribution in [0.15, 0.2) is 69.4 Å². The van der Waals surface area contributed by atoms with Crippen LogP contribution in [0.25, 0.3) is 11.4 Å². The Morgan fingerprint density at radius 2 is 1.72 bits per heavy atom. The SMILES string of the molecule is Fc1ccc(-c2nnc(Sc3ccc(C(F)(F)F)nn3)n2Cc2ccco2)cc1. The summed E-state index contributed by atoms with van der Waals surface area (Å²) in [6.07, 6.45) is -3.04. The Kier molecular flexibility index (Phi) is 5.05. The molecule has 0 fully saturated rings. The molecule has 0 bridgehead atoms. The smallest absolute Gasteiger partial charge is 0.435 e. The first-order valence-corrected chi connectivity index (χ1v) is 9.02. The summed E-state index contributed by atoms with van der Waals surface area (Å²) in [5, 5.41) is 15.7. The molecule has 0 N–H and O–H groups in total. The van der Waals surface area contributed by atoms with Crippen LogP contribution in [0.5, 0.6) is 0 Å². The molecule has 0 unspecified atom stereocenters. The molecule has 0 atom stereocenters. The molecule has 4 rings (SSSR count). The monoisotopic (exact) mass is 421 g/mol. The number of aromatic nitrogens is 5. The Labute approximate surface area is 165 Å². The molecule has 29 heavy (non-hydrogen) atoms. The Hall–Kier alpha value is -3.21. The molecule has 0 aliphatic rings. The lowest BCUT2D eigenvalue weighted by atomic mass is 10.2. The van der Waals surface area contributed by atoms with Crippen LogP contribution in [0.1, 0.15) is 11.5 Å². The highest BCUT2D eigenvalue weighted by molar-refractivity contribution is 7.99. The lowest BCUT2D eigenvalue weighted by molar-refractivity contribution is -0.141. The number of furan rings is 1. The topological polar surface area (TPSA) is 69.6 Å². The fourth-order valence-corrected chi connectivity index (χ4v) is 3.24. The minimum absolute atomic E-state index is 0.219. The number of benzene rings is 1. The minimum Gasteiger partial charge on any atom is -0.467 e. The van der Waals surface area contributed by atoms with Gasteiger partial charge in [0.05, 0.1) is 12.8 Å². The number of rotatable bonds is 5. The van der Waals surface area contributed by atoms with Crippen LogP contribution in [0.4, 0.5) is 17.6 Å². The van der Waals surface area contributed by atoms with E-state index in [9.17, 15) is 17.6 Å². The van der Waals surface area contributed by atoms with Gasteiger partial charge in [-0.1, -0.05) is 0 Å². The second kappa shape index (κ2) is 7.66. The third-order valence-corrected chi connectivity index (χ3v) is 4.75. The van der Waals surface area contributed by atoms with Gasteiger partial charge in [0.1, 0.15) is 16.6 Å². The normalized spacial score (nSPS) is 11.7. The summed E-state index contributed by atoms with van der Waals surface area (Å²) in [5.74, 6) is 0.678. The summed E-state index contributed by atoms with van der Waals surface area (Å²) >= 11 is 1.01. The van der Waals surface area contributed by atoms with Crippen molar-refractivity contribution >= 4 is 11.8 Å². The molecule has 0 aliphatic carbocycles. The quantitative estimate of drug-likeness (QED) is 0.436. The molecular weight excluding hydrogens is 410 g/mol. The summed E-state index contributed by atoms with van der Waals surface area (Å²) < 4.78 is 58.3. The van der Waals surface area contributed by atoms with Gasteiger partial charge in [0.15, 0.2) is 16.7 Å². The van der Waals surface area contributed by atoms with Gasteiger partial charge in [0.25, 0.3) is 0 Å². The maximum Gasteiger partial charge on any atom is 0.435 e. The van der Waals surface area contributed by atoms with Crippen molar-refractivity contribution in [3.63, 3.8) is 0 Å². The molecule has 0 amide bonds. The van der Waals surface area contributed by atoms with E-state index in [1.54, 1.807) is 28.8 Å². The third-order valence-electron chi connectivity index (χ3n) is 3.84. The Morgan fingerprint density at radius 1 is 0.931 bits per heavy atom. The molecule has 11 heteroatoms. The Bertz CT molecular complexity index is 1090. The first-order valence-electron chi connectivity index (χ1n) is 8.20. The molecule has 0 radical (unpaired) electrons. The van der Waals surface area contributed by atoms with Crippen LogP contribution in [0, 0.1) is 5.82 Å². The van der Waals surface area contributed by atoms with E-state index in [4.69, 9.17) is 4.42 Å². The van der Waals surface area contributed by atoms with E-state index in [1.165, 1.54) is 24.5 Å². The van der Waals surface area contributed by atoms with Crippen LogP contribution >= 0.6 is 11.8 Å². The van der Waals surface area contributed by atoms with Crippen molar-refractivity contribution in [2.24, 2.45) is 0 Å². The van der Waals surface area contributed by atoms with Crippen LogP contribution in [0.3, 0.4) is 0 Å². The van der Waals surface area contributed by atoms with Crippen molar-refractivity contribution in [3.05, 3.63) is 72.1 Å². The van der Waals surface area contributed by atoms with Crippen molar-refractivity contribution in [1.29, 1.82) is 0 Å². The zero-order chi connectivity index (χ0) is 20.4. The minimum atomic E-state index is -4.56. The molecule has 3 heterocycles. The highest BCUT2D eigenvalue weighted by atomic mass is 32.2. The molecule has 1 aromatic carbocycles. The van der Waals surface area contributed by atoms with Crippen LogP contribution < -0.4 is 0 Å². The average molecular weight is 421 g/mol. The first-order chi connectivity index (χ1) is 13.9. The number of halogens is 4. The first kappa shape index (κ1) is 19.1. The molecule has 4 aromatic rings. The predicted molar refractivity (Wildman–Crippen MR) is 94.4 cm³/mol. The lowest BCUT2D eigenvalue weighted by Crippen LogP contribution is -2.09. The molecule has 0 saturated heterocycles. The van der Waals surface area contributed by atoms with Gasteiger partial charge in [-0.2, -0.15) is 13.2 Å². The molecule has 6 nitrogen and oxygen atoms in total. The third kappa shape index (κ3) is 4.29. The van der Waals surface area contributed by atoms with Gasteiger partial charge < -0.3 is 4.42 Å². The fourth-order valence-electron chi connectivity index (χ4n) is 2.50. The summed E-state index contributed by atoms with van der Waals surface area (Å²) in [6, 6.07) is 11.3. The number of alkyl halides is 3. The summed E-state index contributed by atoms with van der Waals surface area (Å²) in [4.78, 5) is 0. The van der Waals surface area contributed by atoms with Crippen molar-refractivity contribution in [2.45, 2.75) is 22.9 Å². The zero-order valence-corrected chi connectivity index (χ0v) is 15.3. The van der Waals surface area contributed by atoms with E-state index in [2.05, 4.69) is 20.4 Å². The van der Waals surface area contributed by atoms with Crippen molar-refractivity contribution in [3.8, 4) is 11.4 Å². The summed E-state index contributed by atoms with van der Waals surface area (Å²) in [5.41, 5.74) is -0.457. The molecule has 0 saturated carbocycles. The number of hydrogen-bond acceptors (Lipinski definition) is 6. The van der Waals surface area contributed by atoms with E-state index in [0.717, 1.165) is 17.8 Å². The van der Waals surface area contributed by atoms with Gasteiger partial charge in [0.2, 0.25) is 0 Å². The van der Waals surface area contributed by atoms with E-state index in [-0.39, 0.29) is 17.4 Å². The maximum atomic E-state index is 13.3. The summed E-state index contributed by atoms with van der Waals surface area (Å²) in [7, 11) is 0. The lowest BCUT2D eigenvalue weighted by Gasteiger charge is -2.09. The van der Waals surface area contributed by atoms with Gasteiger partial charge >= 0.3 is 6.18 Å². The van der Waals surface area contributed by atoms with E-state index < -0.39 is 11.9 Å². The van der Waals surface area contributed by atoms with Gasteiger partial charge in [-0.25, -0.2) is 4.39 Å². The highest BCUT2D eigenvalue weighted by Crippen LogP contribution is 2.31. The van der Waals surface area contributed by atoms with Crippen LogP contribution in [-0.4, -0.2) is 25.0 Å². The Morgan fingerprint density at radius 3 is 2.34 bits per heavy atom. The zero-order valence-electron chi connectivity index (χ0n) is 14.5. The molecular formula is C18H11F4N5OS. The highest BCUT2D eigenvalue weighted by Gasteiger charge is 2.33. The fraction of sp³-hybridized carbons (Fsp3) is 0.111. The van der Waals surface area contributed by atoms with E-state index >= 15 is 0 Å². The number of nitrogens with zero attached hydrogens (tertiary/aromatic N) is 5. The van der Waals surface area contributed by atoms with Gasteiger partial charge in [-0.05, 0) is 60.3 Å². The van der Waals surface area contributed by atoms with Gasteiger partial charge in [0, 0.05) is 5.56 Å². The predicted octanol–water partition coefficient (Wildman–Crippen LogP) is 4.69. The summed E-state index contributed by atoms with van der Waals surface area (Å²) in [6.45, 7) is 0.267. The second-order valence-electron chi connectivity index (χ2n) is 5.84. The van der Waals surface area contributed by atoms with Gasteiger partial charge in [-0.15, -0.1) is 20.4 Å². The maximum absolute atomic E-state index is 13.3. The molecule has 3 aromatic heterocycles. The molecule has 148 valence electrons. The largest absolute Gasteiger partial charge is 0.467 e. The van der Waals surface area contributed by atoms with Crippen LogP contribution in [0.2, 0.25) is 0 Å². The molecule has 0 aliphatic heterocycles. The second-order valence-corrected chi connectivity index (χ2v) is 6.82. The van der Waals surface area contributed by atoms with E-state index in [0.29, 0.717) is 22.3 Å². The van der Waals surface area contributed by atoms with Crippen molar-refractivity contribution in [1.82, 2.24) is 25.0 Å². The average Bonchev–Trinajstić information content (AvgIpc) is 3.33. The Balaban J connectivity index is 1.68. The molecule has 0 spiro atoms. The number of hydrogen-bond donors (Lipinski definition) is 0. The van der Waals surface area contributed by atoms with E-state index in [1.807, 2.05) is 0 Å². The van der Waals surface area contributed by atoms with Crippen LogP contribution in [-0.2, 0) is 12.7 Å². The van der Waals surface area contributed by atoms with Gasteiger partial charge in [-0.3, -0.25) is 4.57 Å².